The molecule has 2 fully saturated rings. The van der Waals surface area contributed by atoms with Gasteiger partial charge in [0.05, 0.1) is 0 Å². The fourth-order valence-corrected chi connectivity index (χ4v) is 3.20. The molecule has 1 aliphatic heterocycles. The Kier molecular flexibility index (Phi) is 3.09. The lowest BCUT2D eigenvalue weighted by Gasteiger charge is -2.40. The van der Waals surface area contributed by atoms with Crippen molar-refractivity contribution in [2.75, 3.05) is 24.5 Å². The molecule has 1 spiro atoms. The summed E-state index contributed by atoms with van der Waals surface area (Å²) in [5.41, 5.74) is 3.56. The maximum absolute atomic E-state index is 3.67. The van der Waals surface area contributed by atoms with Gasteiger partial charge in [-0.25, -0.2) is 0 Å². The Morgan fingerprint density at radius 2 is 1.79 bits per heavy atom. The molecule has 104 valence electrons. The van der Waals surface area contributed by atoms with E-state index in [1.54, 1.807) is 0 Å². The van der Waals surface area contributed by atoms with Crippen molar-refractivity contribution in [1.82, 2.24) is 5.32 Å². The first-order valence-corrected chi connectivity index (χ1v) is 7.62. The lowest BCUT2D eigenvalue weighted by molar-refractivity contribution is 0.456. The summed E-state index contributed by atoms with van der Waals surface area (Å²) in [6.07, 6.45) is 3.90. The zero-order valence-electron chi connectivity index (χ0n) is 12.5. The van der Waals surface area contributed by atoms with Gasteiger partial charge in [0.1, 0.15) is 0 Å². The molecule has 1 saturated heterocycles. The van der Waals surface area contributed by atoms with Gasteiger partial charge in [0, 0.05) is 36.3 Å². The number of nitrogens with zero attached hydrogens (tertiary/aromatic N) is 1. The molecular weight excluding hydrogens is 232 g/mol. The second-order valence-corrected chi connectivity index (χ2v) is 7.02. The first kappa shape index (κ1) is 13.0. The average Bonchev–Trinajstić information content (AvgIpc) is 3.17. The Hall–Kier alpha value is -1.02. The van der Waals surface area contributed by atoms with Gasteiger partial charge in [-0.15, -0.1) is 0 Å². The third-order valence-electron chi connectivity index (χ3n) is 4.90. The summed E-state index contributed by atoms with van der Waals surface area (Å²) >= 11 is 0. The van der Waals surface area contributed by atoms with Crippen LogP contribution in [0.5, 0.6) is 0 Å². The van der Waals surface area contributed by atoms with Crippen molar-refractivity contribution in [2.24, 2.45) is 5.41 Å². The van der Waals surface area contributed by atoms with Crippen molar-refractivity contribution in [3.63, 3.8) is 0 Å². The van der Waals surface area contributed by atoms with Gasteiger partial charge in [-0.05, 0) is 50.8 Å². The third-order valence-corrected chi connectivity index (χ3v) is 4.90. The summed E-state index contributed by atoms with van der Waals surface area (Å²) in [4.78, 5) is 2.62. The van der Waals surface area contributed by atoms with E-state index < -0.39 is 0 Å². The van der Waals surface area contributed by atoms with Crippen LogP contribution in [0.15, 0.2) is 24.3 Å². The monoisotopic (exact) mass is 258 g/mol. The molecule has 1 heterocycles. The van der Waals surface area contributed by atoms with Gasteiger partial charge in [-0.3, -0.25) is 0 Å². The molecule has 1 aromatic rings. The molecule has 1 saturated carbocycles. The van der Waals surface area contributed by atoms with E-state index in [0.717, 1.165) is 13.0 Å². The van der Waals surface area contributed by atoms with Crippen LogP contribution in [0.4, 0.5) is 5.69 Å². The minimum atomic E-state index is 0.194. The molecular formula is C17H26N2. The maximum atomic E-state index is 3.67. The second-order valence-electron chi connectivity index (χ2n) is 7.02. The first-order chi connectivity index (χ1) is 9.05. The van der Waals surface area contributed by atoms with Crippen molar-refractivity contribution in [1.29, 1.82) is 0 Å². The van der Waals surface area contributed by atoms with Gasteiger partial charge < -0.3 is 10.2 Å². The highest BCUT2D eigenvalue weighted by Crippen LogP contribution is 2.48. The molecule has 0 aromatic heterocycles. The highest BCUT2D eigenvalue weighted by molar-refractivity contribution is 5.51. The molecule has 1 N–H and O–H groups in total. The van der Waals surface area contributed by atoms with E-state index in [-0.39, 0.29) is 5.54 Å². The summed E-state index contributed by atoms with van der Waals surface area (Å²) in [5, 5.41) is 3.67. The highest BCUT2D eigenvalue weighted by atomic mass is 15.2. The van der Waals surface area contributed by atoms with Crippen molar-refractivity contribution in [3.05, 3.63) is 29.8 Å². The lowest BCUT2D eigenvalue weighted by atomic mass is 9.99. The van der Waals surface area contributed by atoms with Crippen LogP contribution in [-0.2, 0) is 6.42 Å². The topological polar surface area (TPSA) is 15.3 Å². The summed E-state index contributed by atoms with van der Waals surface area (Å²) < 4.78 is 0. The Bertz CT molecular complexity index is 443. The lowest BCUT2D eigenvalue weighted by Crippen LogP contribution is -2.49. The van der Waals surface area contributed by atoms with E-state index in [1.165, 1.54) is 37.2 Å². The fourth-order valence-electron chi connectivity index (χ4n) is 3.20. The quantitative estimate of drug-likeness (QED) is 0.876. The van der Waals surface area contributed by atoms with Crippen molar-refractivity contribution >= 4 is 5.69 Å². The maximum Gasteiger partial charge on any atom is 0.0470 e. The van der Waals surface area contributed by atoms with Crippen LogP contribution in [-0.4, -0.2) is 25.2 Å². The van der Waals surface area contributed by atoms with Crippen LogP contribution in [0.3, 0.4) is 0 Å². The number of hydrogen-bond donors (Lipinski definition) is 1. The van der Waals surface area contributed by atoms with E-state index >= 15 is 0 Å². The number of hydrogen-bond acceptors (Lipinski definition) is 2. The van der Waals surface area contributed by atoms with Crippen LogP contribution in [0.2, 0.25) is 0 Å². The molecule has 0 unspecified atom stereocenters. The highest BCUT2D eigenvalue weighted by Gasteiger charge is 2.47. The molecule has 0 amide bonds. The van der Waals surface area contributed by atoms with Gasteiger partial charge in [0.25, 0.3) is 0 Å². The van der Waals surface area contributed by atoms with Gasteiger partial charge >= 0.3 is 0 Å². The van der Waals surface area contributed by atoms with Gasteiger partial charge in [0.15, 0.2) is 0 Å². The predicted molar refractivity (Wildman–Crippen MR) is 81.8 cm³/mol. The fraction of sp³-hybridized carbons (Fsp3) is 0.647. The molecule has 2 aliphatic rings. The van der Waals surface area contributed by atoms with E-state index in [4.69, 9.17) is 0 Å². The van der Waals surface area contributed by atoms with Crippen LogP contribution < -0.4 is 10.2 Å². The van der Waals surface area contributed by atoms with Crippen molar-refractivity contribution < 1.29 is 0 Å². The predicted octanol–water partition coefficient (Wildman–Crippen LogP) is 3.22. The van der Waals surface area contributed by atoms with Gasteiger partial charge in [-0.2, -0.15) is 0 Å². The standard InChI is InChI=1S/C17H26N2/c1-4-14-5-7-15(8-6-14)19-13-17(9-10-17)12-18-11-16(19,2)3/h5-8,18H,4,9-13H2,1-3H3. The van der Waals surface area contributed by atoms with E-state index in [0.29, 0.717) is 5.41 Å². The number of rotatable bonds is 2. The zero-order valence-corrected chi connectivity index (χ0v) is 12.5. The molecule has 0 radical (unpaired) electrons. The summed E-state index contributed by atoms with van der Waals surface area (Å²) in [6.45, 7) is 10.4. The number of benzene rings is 1. The minimum Gasteiger partial charge on any atom is -0.365 e. The largest absolute Gasteiger partial charge is 0.365 e. The average molecular weight is 258 g/mol. The number of aryl methyl sites for hydroxylation is 1. The van der Waals surface area contributed by atoms with Gasteiger partial charge in [0.2, 0.25) is 0 Å². The van der Waals surface area contributed by atoms with Crippen LogP contribution in [0, 0.1) is 5.41 Å². The molecule has 1 aliphatic carbocycles. The van der Waals surface area contributed by atoms with Crippen molar-refractivity contribution in [3.8, 4) is 0 Å². The molecule has 2 nitrogen and oxygen atoms in total. The zero-order chi connectivity index (χ0) is 13.5. The second kappa shape index (κ2) is 4.52. The number of nitrogens with one attached hydrogen (secondary N) is 1. The van der Waals surface area contributed by atoms with Gasteiger partial charge in [-0.1, -0.05) is 19.1 Å². The van der Waals surface area contributed by atoms with E-state index in [2.05, 4.69) is 55.3 Å². The SMILES string of the molecule is CCc1ccc(N2CC3(CC3)CNCC2(C)C)cc1. The number of anilines is 1. The van der Waals surface area contributed by atoms with Crippen LogP contribution >= 0.6 is 0 Å². The normalized spacial score (nSPS) is 24.3. The summed E-state index contributed by atoms with van der Waals surface area (Å²) in [7, 11) is 0. The Labute approximate surface area is 117 Å². The van der Waals surface area contributed by atoms with Crippen LogP contribution in [0.1, 0.15) is 39.2 Å². The molecule has 0 atom stereocenters. The first-order valence-electron chi connectivity index (χ1n) is 7.62. The van der Waals surface area contributed by atoms with E-state index in [1.807, 2.05) is 0 Å². The summed E-state index contributed by atoms with van der Waals surface area (Å²) in [5.74, 6) is 0. The van der Waals surface area contributed by atoms with Crippen molar-refractivity contribution in [2.45, 2.75) is 45.6 Å². The molecule has 1 aromatic carbocycles. The Morgan fingerprint density at radius 3 is 2.37 bits per heavy atom. The van der Waals surface area contributed by atoms with E-state index in [9.17, 15) is 0 Å². The Morgan fingerprint density at radius 1 is 1.11 bits per heavy atom. The molecule has 3 rings (SSSR count). The molecule has 2 heteroatoms. The van der Waals surface area contributed by atoms with Crippen LogP contribution in [0.25, 0.3) is 0 Å². The third kappa shape index (κ3) is 2.51. The summed E-state index contributed by atoms with van der Waals surface area (Å²) in [6, 6.07) is 9.18. The smallest absolute Gasteiger partial charge is 0.0470 e. The molecule has 19 heavy (non-hydrogen) atoms. The Balaban J connectivity index is 1.89. The molecule has 0 bridgehead atoms. The minimum absolute atomic E-state index is 0.194.